The van der Waals surface area contributed by atoms with Crippen LogP contribution in [-0.2, 0) is 19.1 Å². The van der Waals surface area contributed by atoms with Crippen molar-refractivity contribution in [3.63, 3.8) is 0 Å². The zero-order valence-electron chi connectivity index (χ0n) is 18.8. The van der Waals surface area contributed by atoms with E-state index in [-0.39, 0.29) is 25.2 Å². The molecule has 0 aliphatic heterocycles. The first-order chi connectivity index (χ1) is 14.6. The Labute approximate surface area is 182 Å². The van der Waals surface area contributed by atoms with Crippen molar-refractivity contribution in [2.24, 2.45) is 0 Å². The predicted octanol–water partition coefficient (Wildman–Crippen LogP) is 5.60. The molecule has 0 aromatic carbocycles. The van der Waals surface area contributed by atoms with E-state index in [4.69, 9.17) is 9.47 Å². The van der Waals surface area contributed by atoms with Gasteiger partial charge in [-0.15, -0.1) is 0 Å². The summed E-state index contributed by atoms with van der Waals surface area (Å²) < 4.78 is 10.1. The van der Waals surface area contributed by atoms with Gasteiger partial charge in [-0.3, -0.25) is 9.59 Å². The molecule has 0 aromatic rings. The number of hydrogen-bond donors (Lipinski definition) is 1. The van der Waals surface area contributed by atoms with Crippen molar-refractivity contribution in [3.8, 4) is 0 Å². The number of ether oxygens (including phenoxy) is 2. The van der Waals surface area contributed by atoms with Crippen molar-refractivity contribution >= 4 is 11.9 Å². The van der Waals surface area contributed by atoms with Crippen LogP contribution in [-0.4, -0.2) is 36.4 Å². The zero-order valence-corrected chi connectivity index (χ0v) is 18.8. The van der Waals surface area contributed by atoms with Gasteiger partial charge in [0.15, 0.2) is 6.10 Å². The minimum atomic E-state index is -0.785. The summed E-state index contributed by atoms with van der Waals surface area (Å²) in [6.07, 6.45) is 24.3. The SMILES string of the molecule is CC/C=C\C/C=C\C/C=C\C/C=C\CCCCC(=O)OC(CO)COC(=O)CCC. The lowest BCUT2D eigenvalue weighted by atomic mass is 10.2. The van der Waals surface area contributed by atoms with Crippen LogP contribution in [0.2, 0.25) is 0 Å². The van der Waals surface area contributed by atoms with E-state index in [0.29, 0.717) is 19.3 Å². The molecule has 0 radical (unpaired) electrons. The van der Waals surface area contributed by atoms with E-state index in [2.05, 4.69) is 55.5 Å². The topological polar surface area (TPSA) is 72.8 Å². The van der Waals surface area contributed by atoms with Gasteiger partial charge in [0.1, 0.15) is 6.61 Å². The first-order valence-electron chi connectivity index (χ1n) is 11.2. The van der Waals surface area contributed by atoms with E-state index in [1.54, 1.807) is 0 Å². The minimum absolute atomic E-state index is 0.0942. The van der Waals surface area contributed by atoms with E-state index < -0.39 is 6.10 Å². The van der Waals surface area contributed by atoms with Gasteiger partial charge in [-0.05, 0) is 51.4 Å². The monoisotopic (exact) mass is 420 g/mol. The molecule has 0 bridgehead atoms. The summed E-state index contributed by atoms with van der Waals surface area (Å²) in [5, 5.41) is 9.23. The smallest absolute Gasteiger partial charge is 0.306 e. The molecule has 0 amide bonds. The Kier molecular flexibility index (Phi) is 20.0. The molecule has 170 valence electrons. The zero-order chi connectivity index (χ0) is 22.3. The molecular formula is C25H40O5. The maximum absolute atomic E-state index is 11.8. The van der Waals surface area contributed by atoms with Gasteiger partial charge in [0.25, 0.3) is 0 Å². The largest absolute Gasteiger partial charge is 0.462 e. The Morgan fingerprint density at radius 2 is 1.40 bits per heavy atom. The molecule has 1 unspecified atom stereocenters. The van der Waals surface area contributed by atoms with Gasteiger partial charge in [0.2, 0.25) is 0 Å². The van der Waals surface area contributed by atoms with E-state index >= 15 is 0 Å². The Hall–Kier alpha value is -2.14. The fourth-order valence-corrected chi connectivity index (χ4v) is 2.46. The van der Waals surface area contributed by atoms with E-state index in [1.807, 2.05) is 6.92 Å². The standard InChI is InChI=1S/C25H40O5/c1-3-5-6-7-8-9-10-11-12-13-14-15-16-17-18-20-25(28)30-23(21-26)22-29-24(27)19-4-2/h5-6,8-9,11-12,14-15,23,26H,3-4,7,10,13,16-22H2,1-2H3/b6-5-,9-8-,12-11-,15-14-. The summed E-state index contributed by atoms with van der Waals surface area (Å²) in [7, 11) is 0. The normalized spacial score (nSPS) is 13.0. The molecule has 0 aliphatic carbocycles. The first kappa shape index (κ1) is 27.9. The number of rotatable bonds is 18. The lowest BCUT2D eigenvalue weighted by Crippen LogP contribution is -2.28. The number of carbonyl (C=O) groups is 2. The van der Waals surface area contributed by atoms with E-state index in [0.717, 1.165) is 44.9 Å². The van der Waals surface area contributed by atoms with Gasteiger partial charge in [-0.2, -0.15) is 0 Å². The highest BCUT2D eigenvalue weighted by atomic mass is 16.6. The maximum atomic E-state index is 11.8. The minimum Gasteiger partial charge on any atom is -0.462 e. The molecule has 0 heterocycles. The van der Waals surface area contributed by atoms with Gasteiger partial charge in [0, 0.05) is 12.8 Å². The Morgan fingerprint density at radius 3 is 1.97 bits per heavy atom. The number of aliphatic hydroxyl groups is 1. The average Bonchev–Trinajstić information content (AvgIpc) is 2.74. The molecule has 0 saturated heterocycles. The summed E-state index contributed by atoms with van der Waals surface area (Å²) in [6, 6.07) is 0. The molecule has 1 N–H and O–H groups in total. The van der Waals surface area contributed by atoms with Crippen molar-refractivity contribution in [2.75, 3.05) is 13.2 Å². The summed E-state index contributed by atoms with van der Waals surface area (Å²) in [5.74, 6) is -0.712. The summed E-state index contributed by atoms with van der Waals surface area (Å²) in [5.41, 5.74) is 0. The molecule has 0 spiro atoms. The molecule has 0 fully saturated rings. The van der Waals surface area contributed by atoms with Crippen molar-refractivity contribution < 1.29 is 24.2 Å². The maximum Gasteiger partial charge on any atom is 0.306 e. The molecule has 30 heavy (non-hydrogen) atoms. The fraction of sp³-hybridized carbons (Fsp3) is 0.600. The van der Waals surface area contributed by atoms with Crippen LogP contribution in [0.4, 0.5) is 0 Å². The molecule has 5 nitrogen and oxygen atoms in total. The Morgan fingerprint density at radius 1 is 0.800 bits per heavy atom. The Balaban J connectivity index is 3.71. The molecule has 0 aromatic heterocycles. The van der Waals surface area contributed by atoms with E-state index in [9.17, 15) is 14.7 Å². The highest BCUT2D eigenvalue weighted by molar-refractivity contribution is 5.70. The number of esters is 2. The molecule has 0 rings (SSSR count). The number of carbonyl (C=O) groups excluding carboxylic acids is 2. The second-order valence-electron chi connectivity index (χ2n) is 6.97. The van der Waals surface area contributed by atoms with Gasteiger partial charge in [-0.1, -0.05) is 62.5 Å². The fourth-order valence-electron chi connectivity index (χ4n) is 2.46. The Bertz CT molecular complexity index is 546. The number of aliphatic hydroxyl groups excluding tert-OH is 1. The molecule has 0 saturated carbocycles. The van der Waals surface area contributed by atoms with Crippen LogP contribution in [0.1, 0.15) is 78.1 Å². The van der Waals surface area contributed by atoms with Crippen LogP contribution in [0.25, 0.3) is 0 Å². The third-order valence-electron chi connectivity index (χ3n) is 4.11. The van der Waals surface area contributed by atoms with E-state index in [1.165, 1.54) is 0 Å². The number of allylic oxidation sites excluding steroid dienone is 8. The van der Waals surface area contributed by atoms with Crippen molar-refractivity contribution in [2.45, 2.75) is 84.2 Å². The lowest BCUT2D eigenvalue weighted by Gasteiger charge is -2.15. The van der Waals surface area contributed by atoms with Crippen LogP contribution >= 0.6 is 0 Å². The molecule has 5 heteroatoms. The molecule has 0 aliphatic rings. The van der Waals surface area contributed by atoms with Crippen molar-refractivity contribution in [1.29, 1.82) is 0 Å². The first-order valence-corrected chi connectivity index (χ1v) is 11.2. The van der Waals surface area contributed by atoms with Crippen LogP contribution in [0.3, 0.4) is 0 Å². The quantitative estimate of drug-likeness (QED) is 0.177. The summed E-state index contributed by atoms with van der Waals surface area (Å²) >= 11 is 0. The van der Waals surface area contributed by atoms with Gasteiger partial charge in [0.05, 0.1) is 6.61 Å². The van der Waals surface area contributed by atoms with Crippen LogP contribution in [0.15, 0.2) is 48.6 Å². The van der Waals surface area contributed by atoms with Crippen LogP contribution in [0.5, 0.6) is 0 Å². The van der Waals surface area contributed by atoms with Crippen molar-refractivity contribution in [3.05, 3.63) is 48.6 Å². The van der Waals surface area contributed by atoms with Gasteiger partial charge < -0.3 is 14.6 Å². The lowest BCUT2D eigenvalue weighted by molar-refractivity contribution is -0.161. The van der Waals surface area contributed by atoms with Gasteiger partial charge in [-0.25, -0.2) is 0 Å². The second-order valence-corrected chi connectivity index (χ2v) is 6.97. The highest BCUT2D eigenvalue weighted by Gasteiger charge is 2.15. The predicted molar refractivity (Wildman–Crippen MR) is 122 cm³/mol. The highest BCUT2D eigenvalue weighted by Crippen LogP contribution is 2.05. The van der Waals surface area contributed by atoms with Gasteiger partial charge >= 0.3 is 11.9 Å². The second kappa shape index (κ2) is 21.6. The molecule has 1 atom stereocenters. The molecular weight excluding hydrogens is 380 g/mol. The number of hydrogen-bond acceptors (Lipinski definition) is 5. The van der Waals surface area contributed by atoms with Crippen LogP contribution in [0, 0.1) is 0 Å². The van der Waals surface area contributed by atoms with Crippen molar-refractivity contribution in [1.82, 2.24) is 0 Å². The average molecular weight is 421 g/mol. The summed E-state index contributed by atoms with van der Waals surface area (Å²) in [4.78, 5) is 23.1. The number of unbranched alkanes of at least 4 members (excludes halogenated alkanes) is 2. The third-order valence-corrected chi connectivity index (χ3v) is 4.11. The third kappa shape index (κ3) is 19.2. The van der Waals surface area contributed by atoms with Crippen LogP contribution < -0.4 is 0 Å². The summed E-state index contributed by atoms with van der Waals surface area (Å²) in [6.45, 7) is 3.57.